The summed E-state index contributed by atoms with van der Waals surface area (Å²) in [5.74, 6) is -1.95. The summed E-state index contributed by atoms with van der Waals surface area (Å²) in [7, 11) is 1.43. The van der Waals surface area contributed by atoms with Crippen LogP contribution in [0.4, 0.5) is 8.78 Å². The Balaban J connectivity index is 1.67. The molecule has 0 fully saturated rings. The molecule has 0 N–H and O–H groups in total. The number of nitrogens with zero attached hydrogens (tertiary/aromatic N) is 3. The molecule has 0 aliphatic heterocycles. The summed E-state index contributed by atoms with van der Waals surface area (Å²) in [6.45, 7) is 0. The highest BCUT2D eigenvalue weighted by Crippen LogP contribution is 2.14. The number of carbonyl (C=O) groups is 1. The average molecular weight is 355 g/mol. The van der Waals surface area contributed by atoms with Crippen molar-refractivity contribution in [1.29, 1.82) is 0 Å². The number of hydrogen-bond acceptors (Lipinski definition) is 5. The van der Waals surface area contributed by atoms with E-state index in [9.17, 15) is 13.6 Å². The quantitative estimate of drug-likeness (QED) is 0.636. The molecule has 2 aromatic heterocycles. The number of methoxy groups -OCH3 is 1. The first-order valence-electron chi connectivity index (χ1n) is 7.83. The largest absolute Gasteiger partial charge is 0.467 e. The Morgan fingerprint density at radius 3 is 2.54 bits per heavy atom. The summed E-state index contributed by atoms with van der Waals surface area (Å²) >= 11 is 0. The lowest BCUT2D eigenvalue weighted by Crippen LogP contribution is -2.08. The number of Topliss-reactive ketones (excluding diaryl/α,β-unsaturated/α-hetero) is 1. The lowest BCUT2D eigenvalue weighted by Gasteiger charge is -2.05. The summed E-state index contributed by atoms with van der Waals surface area (Å²) in [6.07, 6.45) is 3.58. The molecule has 0 bridgehead atoms. The molecule has 0 saturated heterocycles. The maximum absolute atomic E-state index is 13.3. The zero-order valence-electron chi connectivity index (χ0n) is 13.9. The number of carbonyl (C=O) groups excluding carboxylic acids is 1. The van der Waals surface area contributed by atoms with Gasteiger partial charge in [-0.3, -0.25) is 9.78 Å². The van der Waals surface area contributed by atoms with Crippen molar-refractivity contribution >= 4 is 5.78 Å². The average Bonchev–Trinajstić information content (AvgIpc) is 2.66. The van der Waals surface area contributed by atoms with Crippen LogP contribution in [0.15, 0.2) is 48.8 Å². The highest BCUT2D eigenvalue weighted by molar-refractivity contribution is 5.95. The minimum absolute atomic E-state index is 0.0889. The van der Waals surface area contributed by atoms with Crippen molar-refractivity contribution in [2.24, 2.45) is 0 Å². The Labute approximate surface area is 148 Å². The molecule has 0 aliphatic rings. The van der Waals surface area contributed by atoms with Crippen LogP contribution in [0.25, 0.3) is 0 Å². The Morgan fingerprint density at radius 1 is 1.04 bits per heavy atom. The third-order valence-corrected chi connectivity index (χ3v) is 3.72. The molecule has 3 rings (SSSR count). The summed E-state index contributed by atoms with van der Waals surface area (Å²) < 4.78 is 31.1. The maximum Gasteiger partial charge on any atom is 0.316 e. The highest BCUT2D eigenvalue weighted by atomic mass is 19.2. The van der Waals surface area contributed by atoms with E-state index < -0.39 is 11.6 Å². The highest BCUT2D eigenvalue weighted by Gasteiger charge is 2.11. The molecule has 2 heterocycles. The van der Waals surface area contributed by atoms with Crippen molar-refractivity contribution < 1.29 is 18.3 Å². The Kier molecular flexibility index (Phi) is 5.26. The number of ketones is 1. The zero-order valence-corrected chi connectivity index (χ0v) is 13.9. The number of hydrogen-bond donors (Lipinski definition) is 0. The van der Waals surface area contributed by atoms with Crippen molar-refractivity contribution in [2.45, 2.75) is 12.8 Å². The fourth-order valence-corrected chi connectivity index (χ4v) is 2.40. The van der Waals surface area contributed by atoms with Crippen molar-refractivity contribution in [3.63, 3.8) is 0 Å². The summed E-state index contributed by atoms with van der Waals surface area (Å²) in [6, 6.07) is 8.96. The molecule has 7 heteroatoms. The molecular formula is C19H15F2N3O2. The smallest absolute Gasteiger partial charge is 0.316 e. The van der Waals surface area contributed by atoms with Crippen molar-refractivity contribution in [2.75, 3.05) is 7.11 Å². The third kappa shape index (κ3) is 4.24. The van der Waals surface area contributed by atoms with Crippen molar-refractivity contribution in [3.05, 3.63) is 82.9 Å². The number of rotatable bonds is 6. The van der Waals surface area contributed by atoms with Gasteiger partial charge in [0, 0.05) is 18.1 Å². The zero-order chi connectivity index (χ0) is 18.5. The van der Waals surface area contributed by atoms with Crippen LogP contribution >= 0.6 is 0 Å². The number of benzene rings is 1. The van der Waals surface area contributed by atoms with E-state index in [0.717, 1.165) is 17.7 Å². The molecule has 5 nitrogen and oxygen atoms in total. The predicted octanol–water partition coefficient (Wildman–Crippen LogP) is 3.17. The van der Waals surface area contributed by atoms with Crippen molar-refractivity contribution in [3.8, 4) is 6.01 Å². The van der Waals surface area contributed by atoms with Gasteiger partial charge in [-0.15, -0.1) is 0 Å². The van der Waals surface area contributed by atoms with E-state index in [1.807, 2.05) is 0 Å². The van der Waals surface area contributed by atoms with Crippen LogP contribution in [-0.2, 0) is 12.8 Å². The Hall–Kier alpha value is -3.22. The molecule has 3 aromatic rings. The van der Waals surface area contributed by atoms with Crippen LogP contribution in [0.1, 0.15) is 27.3 Å². The number of pyridine rings is 1. The standard InChI is InChI=1S/C19H15F2N3O2/c1-26-19-22-7-6-17(24-19)18(25)10-14-4-2-13(11-23-14)8-12-3-5-15(20)16(21)9-12/h2-7,9,11H,8,10H2,1H3. The van der Waals surface area contributed by atoms with Crippen LogP contribution in [0.5, 0.6) is 6.01 Å². The topological polar surface area (TPSA) is 65.0 Å². The van der Waals surface area contributed by atoms with Gasteiger partial charge in [-0.05, 0) is 41.8 Å². The predicted molar refractivity (Wildman–Crippen MR) is 90.0 cm³/mol. The molecule has 26 heavy (non-hydrogen) atoms. The Bertz CT molecular complexity index is 930. The van der Waals surface area contributed by atoms with Gasteiger partial charge in [0.25, 0.3) is 0 Å². The maximum atomic E-state index is 13.3. The first kappa shape index (κ1) is 17.6. The van der Waals surface area contributed by atoms with Crippen LogP contribution < -0.4 is 4.74 Å². The second-order valence-electron chi connectivity index (χ2n) is 5.61. The first-order chi connectivity index (χ1) is 12.5. The van der Waals surface area contributed by atoms with E-state index in [1.54, 1.807) is 18.3 Å². The molecule has 0 aliphatic carbocycles. The van der Waals surface area contributed by atoms with Crippen LogP contribution in [-0.4, -0.2) is 27.8 Å². The SMILES string of the molecule is COc1nccc(C(=O)Cc2ccc(Cc3ccc(F)c(F)c3)cn2)n1. The van der Waals surface area contributed by atoms with Gasteiger partial charge in [0.1, 0.15) is 5.69 Å². The molecule has 0 unspecified atom stereocenters. The van der Waals surface area contributed by atoms with Crippen LogP contribution in [0, 0.1) is 11.6 Å². The fourth-order valence-electron chi connectivity index (χ4n) is 2.40. The van der Waals surface area contributed by atoms with Gasteiger partial charge in [0.05, 0.1) is 13.5 Å². The molecule has 132 valence electrons. The molecular weight excluding hydrogens is 340 g/mol. The van der Waals surface area contributed by atoms with E-state index in [1.165, 1.54) is 25.4 Å². The van der Waals surface area contributed by atoms with Gasteiger partial charge < -0.3 is 4.74 Å². The van der Waals surface area contributed by atoms with Crippen molar-refractivity contribution in [1.82, 2.24) is 15.0 Å². The summed E-state index contributed by atoms with van der Waals surface area (Å²) in [5, 5.41) is 0. The monoisotopic (exact) mass is 355 g/mol. The lowest BCUT2D eigenvalue weighted by atomic mass is 10.1. The number of halogens is 2. The second kappa shape index (κ2) is 7.77. The minimum atomic E-state index is -0.877. The molecule has 0 spiro atoms. The molecule has 0 radical (unpaired) electrons. The number of aromatic nitrogens is 3. The van der Waals surface area contributed by atoms with E-state index >= 15 is 0 Å². The van der Waals surface area contributed by atoms with E-state index in [0.29, 0.717) is 17.7 Å². The lowest BCUT2D eigenvalue weighted by molar-refractivity contribution is 0.0986. The van der Waals surface area contributed by atoms with Gasteiger partial charge >= 0.3 is 6.01 Å². The van der Waals surface area contributed by atoms with Gasteiger partial charge in [-0.25, -0.2) is 13.8 Å². The summed E-state index contributed by atoms with van der Waals surface area (Å²) in [5.41, 5.74) is 2.31. The minimum Gasteiger partial charge on any atom is -0.467 e. The fraction of sp³-hybridized carbons (Fsp3) is 0.158. The molecule has 0 saturated carbocycles. The second-order valence-corrected chi connectivity index (χ2v) is 5.61. The molecule has 0 amide bonds. The van der Waals surface area contributed by atoms with E-state index in [4.69, 9.17) is 4.74 Å². The van der Waals surface area contributed by atoms with Gasteiger partial charge in [0.15, 0.2) is 17.4 Å². The number of ether oxygens (including phenoxy) is 1. The van der Waals surface area contributed by atoms with Gasteiger partial charge in [0.2, 0.25) is 0 Å². The van der Waals surface area contributed by atoms with E-state index in [2.05, 4.69) is 15.0 Å². The van der Waals surface area contributed by atoms with Crippen LogP contribution in [0.3, 0.4) is 0 Å². The van der Waals surface area contributed by atoms with Crippen LogP contribution in [0.2, 0.25) is 0 Å². The van der Waals surface area contributed by atoms with Gasteiger partial charge in [-0.1, -0.05) is 12.1 Å². The third-order valence-electron chi connectivity index (χ3n) is 3.72. The molecule has 0 atom stereocenters. The first-order valence-corrected chi connectivity index (χ1v) is 7.83. The normalized spacial score (nSPS) is 10.6. The van der Waals surface area contributed by atoms with Gasteiger partial charge in [-0.2, -0.15) is 4.98 Å². The van der Waals surface area contributed by atoms with E-state index in [-0.39, 0.29) is 23.9 Å². The summed E-state index contributed by atoms with van der Waals surface area (Å²) in [4.78, 5) is 24.4. The molecule has 1 aromatic carbocycles. The Morgan fingerprint density at radius 2 is 1.85 bits per heavy atom.